The van der Waals surface area contributed by atoms with Gasteiger partial charge >= 0.3 is 5.69 Å². The van der Waals surface area contributed by atoms with E-state index in [0.717, 1.165) is 24.6 Å². The molecule has 26 heavy (non-hydrogen) atoms. The Morgan fingerprint density at radius 1 is 1.38 bits per heavy atom. The normalized spacial score (nSPS) is 16.6. The van der Waals surface area contributed by atoms with Crippen LogP contribution in [-0.4, -0.2) is 52.5 Å². The third-order valence-electron chi connectivity index (χ3n) is 4.65. The fourth-order valence-electron chi connectivity index (χ4n) is 3.32. The summed E-state index contributed by atoms with van der Waals surface area (Å²) in [5.41, 5.74) is 0.531. The Kier molecular flexibility index (Phi) is 5.58. The summed E-state index contributed by atoms with van der Waals surface area (Å²) in [4.78, 5) is 13.4. The number of hydrogen-bond donors (Lipinski definition) is 1. The average molecular weight is 363 g/mol. The van der Waals surface area contributed by atoms with Crippen LogP contribution in [0.4, 0.5) is 11.5 Å². The standard InChI is InChI=1S/C17H25N5O4/c1-4-13-16(22(23)24)17(20(3)19-13)18-11-14(15-6-5-12(2)26-15)21-7-9-25-10-8-21/h5-6,14,18H,4,7-11H2,1-3H3. The fourth-order valence-corrected chi connectivity index (χ4v) is 3.32. The van der Waals surface area contributed by atoms with Gasteiger partial charge in [0.1, 0.15) is 17.2 Å². The summed E-state index contributed by atoms with van der Waals surface area (Å²) in [5, 5.41) is 19.0. The van der Waals surface area contributed by atoms with Crippen LogP contribution in [0.1, 0.15) is 30.2 Å². The second kappa shape index (κ2) is 7.88. The lowest BCUT2D eigenvalue weighted by molar-refractivity contribution is -0.384. The van der Waals surface area contributed by atoms with Crippen molar-refractivity contribution in [2.75, 3.05) is 38.2 Å². The molecule has 0 amide bonds. The minimum atomic E-state index is -0.366. The van der Waals surface area contributed by atoms with E-state index in [9.17, 15) is 10.1 Å². The van der Waals surface area contributed by atoms with E-state index in [1.54, 1.807) is 11.7 Å². The zero-order valence-corrected chi connectivity index (χ0v) is 15.4. The Balaban J connectivity index is 1.84. The summed E-state index contributed by atoms with van der Waals surface area (Å²) >= 11 is 0. The van der Waals surface area contributed by atoms with Gasteiger partial charge in [-0.25, -0.2) is 4.68 Å². The lowest BCUT2D eigenvalue weighted by Gasteiger charge is -2.33. The molecule has 1 N–H and O–H groups in total. The second-order valence-corrected chi connectivity index (χ2v) is 6.37. The number of aryl methyl sites for hydroxylation is 3. The van der Waals surface area contributed by atoms with Crippen LogP contribution in [0.15, 0.2) is 16.5 Å². The quantitative estimate of drug-likeness (QED) is 0.595. The van der Waals surface area contributed by atoms with Gasteiger partial charge in [0.05, 0.1) is 24.2 Å². The Labute approximate surface area is 152 Å². The Hall–Kier alpha value is -2.39. The molecule has 142 valence electrons. The topological polar surface area (TPSA) is 98.6 Å². The molecule has 0 aliphatic carbocycles. The van der Waals surface area contributed by atoms with E-state index in [1.807, 2.05) is 26.0 Å². The van der Waals surface area contributed by atoms with Crippen LogP contribution in [0.5, 0.6) is 0 Å². The Morgan fingerprint density at radius 3 is 2.69 bits per heavy atom. The van der Waals surface area contributed by atoms with Gasteiger partial charge in [-0.05, 0) is 25.5 Å². The van der Waals surface area contributed by atoms with Gasteiger partial charge in [-0.1, -0.05) is 6.92 Å². The summed E-state index contributed by atoms with van der Waals surface area (Å²) in [6, 6.07) is 3.86. The van der Waals surface area contributed by atoms with E-state index >= 15 is 0 Å². The van der Waals surface area contributed by atoms with Gasteiger partial charge in [-0.3, -0.25) is 15.0 Å². The first kappa shape index (κ1) is 18.4. The van der Waals surface area contributed by atoms with Gasteiger partial charge in [0.25, 0.3) is 0 Å². The van der Waals surface area contributed by atoms with E-state index in [2.05, 4.69) is 15.3 Å². The summed E-state index contributed by atoms with van der Waals surface area (Å²) in [6.45, 7) is 7.17. The smallest absolute Gasteiger partial charge is 0.333 e. The summed E-state index contributed by atoms with van der Waals surface area (Å²) in [7, 11) is 1.72. The molecule has 2 aromatic rings. The number of rotatable bonds is 7. The number of ether oxygens (including phenoxy) is 1. The van der Waals surface area contributed by atoms with Crippen LogP contribution >= 0.6 is 0 Å². The van der Waals surface area contributed by atoms with Crippen molar-refractivity contribution in [3.05, 3.63) is 39.5 Å². The second-order valence-electron chi connectivity index (χ2n) is 6.37. The molecule has 1 saturated heterocycles. The molecule has 0 spiro atoms. The zero-order valence-electron chi connectivity index (χ0n) is 15.4. The summed E-state index contributed by atoms with van der Waals surface area (Å²) in [5.74, 6) is 2.11. The summed E-state index contributed by atoms with van der Waals surface area (Å²) < 4.78 is 12.8. The first-order valence-corrected chi connectivity index (χ1v) is 8.83. The molecule has 1 atom stereocenters. The van der Waals surface area contributed by atoms with Crippen molar-refractivity contribution in [3.8, 4) is 0 Å². The highest BCUT2D eigenvalue weighted by atomic mass is 16.6. The van der Waals surface area contributed by atoms with E-state index in [-0.39, 0.29) is 16.7 Å². The highest BCUT2D eigenvalue weighted by molar-refractivity contribution is 5.60. The van der Waals surface area contributed by atoms with E-state index < -0.39 is 0 Å². The number of morpholine rings is 1. The molecule has 9 heteroatoms. The summed E-state index contributed by atoms with van der Waals surface area (Å²) in [6.07, 6.45) is 0.510. The maximum atomic E-state index is 11.5. The maximum absolute atomic E-state index is 11.5. The van der Waals surface area contributed by atoms with Crippen LogP contribution < -0.4 is 5.32 Å². The largest absolute Gasteiger partial charge is 0.465 e. The molecular formula is C17H25N5O4. The molecule has 0 bridgehead atoms. The fraction of sp³-hybridized carbons (Fsp3) is 0.588. The number of nitrogens with one attached hydrogen (secondary N) is 1. The van der Waals surface area contributed by atoms with Crippen molar-refractivity contribution in [1.29, 1.82) is 0 Å². The lowest BCUT2D eigenvalue weighted by atomic mass is 10.1. The number of hydrogen-bond acceptors (Lipinski definition) is 7. The number of nitro groups is 1. The van der Waals surface area contributed by atoms with Crippen molar-refractivity contribution < 1.29 is 14.1 Å². The Bertz CT molecular complexity index is 763. The predicted molar refractivity (Wildman–Crippen MR) is 96.3 cm³/mol. The van der Waals surface area contributed by atoms with Crippen LogP contribution in [0.25, 0.3) is 0 Å². The number of aromatic nitrogens is 2. The number of nitrogens with zero attached hydrogens (tertiary/aromatic N) is 4. The first-order chi connectivity index (χ1) is 12.5. The van der Waals surface area contributed by atoms with Crippen molar-refractivity contribution in [1.82, 2.24) is 14.7 Å². The SMILES string of the molecule is CCc1nn(C)c(NCC(c2ccc(C)o2)N2CCOCC2)c1[N+](=O)[O-]. The first-order valence-electron chi connectivity index (χ1n) is 8.83. The molecule has 2 aromatic heterocycles. The molecule has 3 heterocycles. The highest BCUT2D eigenvalue weighted by Crippen LogP contribution is 2.30. The van der Waals surface area contributed by atoms with Gasteiger partial charge in [0.2, 0.25) is 5.82 Å². The van der Waals surface area contributed by atoms with Crippen LogP contribution in [0.2, 0.25) is 0 Å². The minimum absolute atomic E-state index is 0.0350. The average Bonchev–Trinajstić information content (AvgIpc) is 3.19. The number of furan rings is 1. The van der Waals surface area contributed by atoms with Gasteiger partial charge in [-0.15, -0.1) is 0 Å². The van der Waals surface area contributed by atoms with Crippen molar-refractivity contribution in [2.45, 2.75) is 26.3 Å². The molecule has 1 fully saturated rings. The van der Waals surface area contributed by atoms with Crippen LogP contribution in [0, 0.1) is 17.0 Å². The minimum Gasteiger partial charge on any atom is -0.465 e. The predicted octanol–water partition coefficient (Wildman–Crippen LogP) is 2.28. The van der Waals surface area contributed by atoms with Crippen molar-refractivity contribution in [3.63, 3.8) is 0 Å². The zero-order chi connectivity index (χ0) is 18.7. The van der Waals surface area contributed by atoms with E-state index in [0.29, 0.717) is 37.7 Å². The van der Waals surface area contributed by atoms with Crippen molar-refractivity contribution >= 4 is 11.5 Å². The van der Waals surface area contributed by atoms with Gasteiger partial charge in [0, 0.05) is 26.7 Å². The molecular weight excluding hydrogens is 338 g/mol. The van der Waals surface area contributed by atoms with E-state index in [1.165, 1.54) is 0 Å². The maximum Gasteiger partial charge on any atom is 0.333 e. The van der Waals surface area contributed by atoms with E-state index in [4.69, 9.17) is 9.15 Å². The van der Waals surface area contributed by atoms with Crippen molar-refractivity contribution in [2.24, 2.45) is 7.05 Å². The molecule has 0 radical (unpaired) electrons. The van der Waals surface area contributed by atoms with Gasteiger partial charge < -0.3 is 14.5 Å². The molecule has 1 aliphatic rings. The number of anilines is 1. The van der Waals surface area contributed by atoms with Crippen LogP contribution in [-0.2, 0) is 18.2 Å². The Morgan fingerprint density at radius 2 is 2.12 bits per heavy atom. The monoisotopic (exact) mass is 363 g/mol. The third kappa shape index (κ3) is 3.73. The van der Waals surface area contributed by atoms with Gasteiger partial charge in [0.15, 0.2) is 0 Å². The highest BCUT2D eigenvalue weighted by Gasteiger charge is 2.29. The van der Waals surface area contributed by atoms with Crippen LogP contribution in [0.3, 0.4) is 0 Å². The lowest BCUT2D eigenvalue weighted by Crippen LogP contribution is -2.41. The molecule has 0 saturated carbocycles. The van der Waals surface area contributed by atoms with Gasteiger partial charge in [-0.2, -0.15) is 5.10 Å². The molecule has 1 aliphatic heterocycles. The third-order valence-corrected chi connectivity index (χ3v) is 4.65. The molecule has 9 nitrogen and oxygen atoms in total. The molecule has 0 aromatic carbocycles. The molecule has 3 rings (SSSR count). The molecule has 1 unspecified atom stereocenters.